The fourth-order valence-electron chi connectivity index (χ4n) is 4.79. The molecule has 0 aliphatic rings. The third-order valence-electron chi connectivity index (χ3n) is 6.94. The third kappa shape index (κ3) is 7.84. The van der Waals surface area contributed by atoms with E-state index in [1.54, 1.807) is 17.0 Å². The minimum Gasteiger partial charge on any atom is -0.354 e. The molecule has 0 aromatic heterocycles. The molecule has 6 heteroatoms. The van der Waals surface area contributed by atoms with Gasteiger partial charge in [0.15, 0.2) is 0 Å². The summed E-state index contributed by atoms with van der Waals surface area (Å²) in [6.07, 6.45) is 3.09. The first-order valence-electron chi connectivity index (χ1n) is 13.5. The Hall–Kier alpha value is -3.34. The minimum absolute atomic E-state index is 0.0967. The molecule has 202 valence electrons. The number of unbranched alkanes of at least 4 members (excludes halogenated alkanes) is 1. The summed E-state index contributed by atoms with van der Waals surface area (Å²) in [5.41, 5.74) is 2.85. The summed E-state index contributed by atoms with van der Waals surface area (Å²) in [6.45, 7) is 2.86. The molecule has 0 saturated carbocycles. The Morgan fingerprint density at radius 2 is 1.62 bits per heavy atom. The van der Waals surface area contributed by atoms with E-state index in [9.17, 15) is 9.59 Å². The Morgan fingerprint density at radius 1 is 0.872 bits per heavy atom. The number of nitrogens with zero attached hydrogens (tertiary/aromatic N) is 1. The Balaban J connectivity index is 1.65. The van der Waals surface area contributed by atoms with Crippen LogP contribution in [0.3, 0.4) is 0 Å². The van der Waals surface area contributed by atoms with Gasteiger partial charge in [-0.3, -0.25) is 9.59 Å². The molecule has 4 aromatic carbocycles. The number of hydrogen-bond donors (Lipinski definition) is 1. The lowest BCUT2D eigenvalue weighted by molar-refractivity contribution is -0.141. The molecule has 4 aromatic rings. The van der Waals surface area contributed by atoms with E-state index >= 15 is 0 Å². The maximum Gasteiger partial charge on any atom is 0.243 e. The van der Waals surface area contributed by atoms with E-state index in [4.69, 9.17) is 23.2 Å². The largest absolute Gasteiger partial charge is 0.354 e. The third-order valence-corrected chi connectivity index (χ3v) is 7.53. The number of hydrogen-bond acceptors (Lipinski definition) is 2. The van der Waals surface area contributed by atoms with Crippen molar-refractivity contribution >= 4 is 45.8 Å². The summed E-state index contributed by atoms with van der Waals surface area (Å²) in [5.74, 6) is -0.253. The number of rotatable bonds is 12. The summed E-state index contributed by atoms with van der Waals surface area (Å²) >= 11 is 12.7. The zero-order valence-corrected chi connectivity index (χ0v) is 23.7. The van der Waals surface area contributed by atoms with Crippen LogP contribution in [0.2, 0.25) is 10.0 Å². The predicted molar refractivity (Wildman–Crippen MR) is 161 cm³/mol. The number of halogens is 2. The first kappa shape index (κ1) is 28.7. The highest BCUT2D eigenvalue weighted by Gasteiger charge is 2.30. The quantitative estimate of drug-likeness (QED) is 0.181. The Labute approximate surface area is 240 Å². The second-order valence-electron chi connectivity index (χ2n) is 9.75. The molecular weight excluding hydrogens is 527 g/mol. The Morgan fingerprint density at radius 3 is 2.38 bits per heavy atom. The van der Waals surface area contributed by atoms with Crippen molar-refractivity contribution in [2.45, 2.75) is 51.6 Å². The van der Waals surface area contributed by atoms with Gasteiger partial charge in [0.25, 0.3) is 0 Å². The molecule has 4 rings (SSSR count). The standard InChI is InChI=1S/C33H34Cl2N2O2/c1-2-3-20-36-33(39)31(21-24-10-5-4-6-11-24)37(23-27-16-18-28(34)22-30(27)35)32(38)19-17-26-14-9-13-25-12-7-8-15-29(25)26/h4-16,18,22,31H,2-3,17,19-21,23H2,1H3,(H,36,39)/t31-/m0/s1. The molecule has 0 unspecified atom stereocenters. The van der Waals surface area contributed by atoms with Crippen LogP contribution < -0.4 is 5.32 Å². The molecule has 0 heterocycles. The van der Waals surface area contributed by atoms with Gasteiger partial charge in [-0.15, -0.1) is 0 Å². The van der Waals surface area contributed by atoms with Crippen molar-refractivity contribution in [2.75, 3.05) is 6.54 Å². The second kappa shape index (κ2) is 14.2. The SMILES string of the molecule is CCCCNC(=O)[C@H](Cc1ccccc1)N(Cc1ccc(Cl)cc1Cl)C(=O)CCc1cccc2ccccc12. The van der Waals surface area contributed by atoms with E-state index in [2.05, 4.69) is 36.5 Å². The van der Waals surface area contributed by atoms with Gasteiger partial charge in [0.1, 0.15) is 6.04 Å². The highest BCUT2D eigenvalue weighted by Crippen LogP contribution is 2.25. The van der Waals surface area contributed by atoms with Crippen LogP contribution >= 0.6 is 23.2 Å². The summed E-state index contributed by atoms with van der Waals surface area (Å²) in [4.78, 5) is 29.3. The van der Waals surface area contributed by atoms with E-state index in [1.807, 2.05) is 54.6 Å². The molecule has 1 N–H and O–H groups in total. The fraction of sp³-hybridized carbons (Fsp3) is 0.273. The maximum atomic E-state index is 14.0. The van der Waals surface area contributed by atoms with Crippen molar-refractivity contribution in [1.29, 1.82) is 0 Å². The molecule has 1 atom stereocenters. The van der Waals surface area contributed by atoms with Crippen LogP contribution in [0.15, 0.2) is 91.0 Å². The van der Waals surface area contributed by atoms with E-state index in [-0.39, 0.29) is 24.8 Å². The second-order valence-corrected chi connectivity index (χ2v) is 10.6. The minimum atomic E-state index is -0.684. The lowest BCUT2D eigenvalue weighted by Crippen LogP contribution is -2.50. The van der Waals surface area contributed by atoms with Crippen molar-refractivity contribution in [3.8, 4) is 0 Å². The van der Waals surface area contributed by atoms with Gasteiger partial charge in [0.2, 0.25) is 11.8 Å². The molecule has 0 spiro atoms. The summed E-state index contributed by atoms with van der Waals surface area (Å²) in [6, 6.07) is 28.7. The van der Waals surface area contributed by atoms with E-state index in [0.29, 0.717) is 29.4 Å². The van der Waals surface area contributed by atoms with Crippen LogP contribution in [-0.2, 0) is 29.0 Å². The molecule has 0 radical (unpaired) electrons. The fourth-order valence-corrected chi connectivity index (χ4v) is 5.26. The highest BCUT2D eigenvalue weighted by molar-refractivity contribution is 6.35. The zero-order valence-electron chi connectivity index (χ0n) is 22.2. The number of fused-ring (bicyclic) bond motifs is 1. The molecule has 0 aliphatic carbocycles. The van der Waals surface area contributed by atoms with Gasteiger partial charge in [-0.2, -0.15) is 0 Å². The van der Waals surface area contributed by atoms with Gasteiger partial charge in [-0.05, 0) is 52.4 Å². The average Bonchev–Trinajstić information content (AvgIpc) is 2.95. The lowest BCUT2D eigenvalue weighted by atomic mass is 9.99. The molecule has 0 aliphatic heterocycles. The Bertz CT molecular complexity index is 1400. The molecule has 2 amide bonds. The lowest BCUT2D eigenvalue weighted by Gasteiger charge is -2.32. The van der Waals surface area contributed by atoms with Gasteiger partial charge in [0.05, 0.1) is 0 Å². The van der Waals surface area contributed by atoms with Crippen LogP contribution in [0, 0.1) is 0 Å². The first-order valence-corrected chi connectivity index (χ1v) is 14.2. The number of aryl methyl sites for hydroxylation is 1. The van der Waals surface area contributed by atoms with Crippen molar-refractivity contribution in [2.24, 2.45) is 0 Å². The summed E-state index contributed by atoms with van der Waals surface area (Å²) < 4.78 is 0. The van der Waals surface area contributed by atoms with E-state index in [0.717, 1.165) is 40.3 Å². The van der Waals surface area contributed by atoms with Crippen LogP contribution in [0.5, 0.6) is 0 Å². The van der Waals surface area contributed by atoms with Crippen LogP contribution in [0.1, 0.15) is 42.9 Å². The van der Waals surface area contributed by atoms with Crippen molar-refractivity contribution in [3.63, 3.8) is 0 Å². The zero-order chi connectivity index (χ0) is 27.6. The monoisotopic (exact) mass is 560 g/mol. The number of nitrogens with one attached hydrogen (secondary N) is 1. The van der Waals surface area contributed by atoms with Gasteiger partial charge >= 0.3 is 0 Å². The number of amides is 2. The number of carbonyl (C=O) groups is 2. The number of carbonyl (C=O) groups excluding carboxylic acids is 2. The summed E-state index contributed by atoms with van der Waals surface area (Å²) in [7, 11) is 0. The molecule has 39 heavy (non-hydrogen) atoms. The van der Waals surface area contributed by atoms with Gasteiger partial charge in [-0.25, -0.2) is 0 Å². The Kier molecular flexibility index (Phi) is 10.4. The molecule has 0 saturated heterocycles. The average molecular weight is 562 g/mol. The van der Waals surface area contributed by atoms with Gasteiger partial charge in [0, 0.05) is 36.0 Å². The maximum absolute atomic E-state index is 14.0. The van der Waals surface area contributed by atoms with E-state index < -0.39 is 6.04 Å². The molecule has 0 bridgehead atoms. The van der Waals surface area contributed by atoms with Gasteiger partial charge in [-0.1, -0.05) is 115 Å². The highest BCUT2D eigenvalue weighted by atomic mass is 35.5. The van der Waals surface area contributed by atoms with Crippen molar-refractivity contribution in [3.05, 3.63) is 118 Å². The van der Waals surface area contributed by atoms with E-state index in [1.165, 1.54) is 0 Å². The molecular formula is C33H34Cl2N2O2. The summed E-state index contributed by atoms with van der Waals surface area (Å²) in [5, 5.41) is 6.34. The van der Waals surface area contributed by atoms with Gasteiger partial charge < -0.3 is 10.2 Å². The van der Waals surface area contributed by atoms with Crippen molar-refractivity contribution in [1.82, 2.24) is 10.2 Å². The van der Waals surface area contributed by atoms with Crippen molar-refractivity contribution < 1.29 is 9.59 Å². The van der Waals surface area contributed by atoms with Crippen LogP contribution in [0.4, 0.5) is 0 Å². The van der Waals surface area contributed by atoms with Crippen LogP contribution in [-0.4, -0.2) is 29.3 Å². The molecule has 4 nitrogen and oxygen atoms in total. The smallest absolute Gasteiger partial charge is 0.243 e. The first-order chi connectivity index (χ1) is 19.0. The normalized spacial score (nSPS) is 11.8. The molecule has 0 fully saturated rings. The topological polar surface area (TPSA) is 49.4 Å². The van der Waals surface area contributed by atoms with Crippen LogP contribution in [0.25, 0.3) is 10.8 Å². The number of benzene rings is 4. The predicted octanol–water partition coefficient (Wildman–Crippen LogP) is 7.64.